The number of methoxy groups -OCH3 is 1. The van der Waals surface area contributed by atoms with Crippen molar-refractivity contribution in [2.75, 3.05) is 33.8 Å². The minimum absolute atomic E-state index is 0. The Morgan fingerprint density at radius 1 is 1.45 bits per heavy atom. The highest BCUT2D eigenvalue weighted by Gasteiger charge is 2.27. The van der Waals surface area contributed by atoms with Crippen LogP contribution in [-0.4, -0.2) is 44.6 Å². The van der Waals surface area contributed by atoms with Crippen molar-refractivity contribution in [3.63, 3.8) is 0 Å². The molecular formula is C17H27ClN2O2. The van der Waals surface area contributed by atoms with Gasteiger partial charge in [-0.1, -0.05) is 25.1 Å². The van der Waals surface area contributed by atoms with E-state index in [0.717, 1.165) is 37.4 Å². The fourth-order valence-electron chi connectivity index (χ4n) is 3.09. The van der Waals surface area contributed by atoms with E-state index in [9.17, 15) is 4.79 Å². The van der Waals surface area contributed by atoms with Gasteiger partial charge in [0, 0.05) is 19.5 Å². The van der Waals surface area contributed by atoms with Crippen molar-refractivity contribution >= 4 is 18.3 Å². The third-order valence-electron chi connectivity index (χ3n) is 4.28. The van der Waals surface area contributed by atoms with Crippen LogP contribution in [0.25, 0.3) is 0 Å². The summed E-state index contributed by atoms with van der Waals surface area (Å²) in [7, 11) is 3.64. The van der Waals surface area contributed by atoms with Gasteiger partial charge in [0.1, 0.15) is 5.75 Å². The molecule has 1 aliphatic rings. The summed E-state index contributed by atoms with van der Waals surface area (Å²) in [5.41, 5.74) is 1.11. The van der Waals surface area contributed by atoms with Gasteiger partial charge in [-0.2, -0.15) is 0 Å². The zero-order chi connectivity index (χ0) is 15.2. The van der Waals surface area contributed by atoms with Gasteiger partial charge in [0.05, 0.1) is 7.11 Å². The van der Waals surface area contributed by atoms with E-state index in [1.165, 1.54) is 0 Å². The van der Waals surface area contributed by atoms with E-state index in [2.05, 4.69) is 12.2 Å². The van der Waals surface area contributed by atoms with Crippen LogP contribution in [0, 0.1) is 5.92 Å². The first kappa shape index (κ1) is 18.8. The lowest BCUT2D eigenvalue weighted by Crippen LogP contribution is -2.31. The number of likely N-dealkylation sites (tertiary alicyclic amines) is 1. The van der Waals surface area contributed by atoms with Crippen LogP contribution in [0.5, 0.6) is 5.75 Å². The highest BCUT2D eigenvalue weighted by molar-refractivity contribution is 5.85. The number of nitrogens with zero attached hydrogens (tertiary/aromatic N) is 1. The molecule has 1 aliphatic heterocycles. The number of carbonyl (C=O) groups is 1. The molecule has 1 saturated heterocycles. The molecule has 0 spiro atoms. The van der Waals surface area contributed by atoms with Gasteiger partial charge in [-0.3, -0.25) is 4.79 Å². The standard InChI is InChI=1S/C17H26N2O2.ClH/c1-13(15-6-4-5-7-16(15)21-3)10-17(20)19-9-8-14(12-19)11-18-2;/h4-7,13-14,18H,8-12H2,1-3H3;1H. The Bertz CT molecular complexity index is 481. The predicted molar refractivity (Wildman–Crippen MR) is 91.9 cm³/mol. The van der Waals surface area contributed by atoms with Crippen molar-refractivity contribution < 1.29 is 9.53 Å². The fourth-order valence-corrected chi connectivity index (χ4v) is 3.09. The zero-order valence-electron chi connectivity index (χ0n) is 13.7. The van der Waals surface area contributed by atoms with E-state index in [-0.39, 0.29) is 24.2 Å². The van der Waals surface area contributed by atoms with Gasteiger partial charge in [-0.15, -0.1) is 12.4 Å². The average molecular weight is 327 g/mol. The zero-order valence-corrected chi connectivity index (χ0v) is 14.5. The van der Waals surface area contributed by atoms with Crippen molar-refractivity contribution in [3.05, 3.63) is 29.8 Å². The van der Waals surface area contributed by atoms with Crippen LogP contribution in [0.1, 0.15) is 31.2 Å². The molecule has 1 N–H and O–H groups in total. The third kappa shape index (κ3) is 4.62. The lowest BCUT2D eigenvalue weighted by Gasteiger charge is -2.20. The van der Waals surface area contributed by atoms with E-state index in [1.807, 2.05) is 36.2 Å². The maximum atomic E-state index is 12.4. The maximum absolute atomic E-state index is 12.4. The molecule has 1 aromatic carbocycles. The lowest BCUT2D eigenvalue weighted by atomic mass is 9.96. The van der Waals surface area contributed by atoms with Crippen LogP contribution < -0.4 is 10.1 Å². The normalized spacial score (nSPS) is 18.7. The minimum Gasteiger partial charge on any atom is -0.496 e. The predicted octanol–water partition coefficient (Wildman–Crippen LogP) is 2.68. The fraction of sp³-hybridized carbons (Fsp3) is 0.588. The molecule has 22 heavy (non-hydrogen) atoms. The van der Waals surface area contributed by atoms with Gasteiger partial charge in [-0.05, 0) is 43.5 Å². The monoisotopic (exact) mass is 326 g/mol. The van der Waals surface area contributed by atoms with Crippen LogP contribution in [0.3, 0.4) is 0 Å². The Hall–Kier alpha value is -1.26. The highest BCUT2D eigenvalue weighted by Crippen LogP contribution is 2.29. The summed E-state index contributed by atoms with van der Waals surface area (Å²) in [5, 5.41) is 3.20. The Balaban J connectivity index is 0.00000242. The van der Waals surface area contributed by atoms with Gasteiger partial charge in [-0.25, -0.2) is 0 Å². The second kappa shape index (κ2) is 9.01. The van der Waals surface area contributed by atoms with Gasteiger partial charge >= 0.3 is 0 Å². The molecule has 0 bridgehead atoms. The number of hydrogen-bond acceptors (Lipinski definition) is 3. The molecule has 1 amide bonds. The summed E-state index contributed by atoms with van der Waals surface area (Å²) in [5.74, 6) is 1.90. The number of halogens is 1. The molecule has 4 nitrogen and oxygen atoms in total. The topological polar surface area (TPSA) is 41.6 Å². The van der Waals surface area contributed by atoms with Crippen LogP contribution in [0.15, 0.2) is 24.3 Å². The molecule has 1 fully saturated rings. The molecule has 5 heteroatoms. The number of nitrogens with one attached hydrogen (secondary N) is 1. The molecule has 124 valence electrons. The van der Waals surface area contributed by atoms with Crippen LogP contribution in [0.4, 0.5) is 0 Å². The highest BCUT2D eigenvalue weighted by atomic mass is 35.5. The van der Waals surface area contributed by atoms with E-state index in [4.69, 9.17) is 4.74 Å². The molecule has 0 aromatic heterocycles. The second-order valence-corrected chi connectivity index (χ2v) is 5.90. The SMILES string of the molecule is CNCC1CCN(C(=O)CC(C)c2ccccc2OC)C1.Cl. The van der Waals surface area contributed by atoms with Crippen molar-refractivity contribution in [1.82, 2.24) is 10.2 Å². The number of hydrogen-bond donors (Lipinski definition) is 1. The van der Waals surface area contributed by atoms with Crippen molar-refractivity contribution in [2.45, 2.75) is 25.7 Å². The maximum Gasteiger partial charge on any atom is 0.223 e. The number of ether oxygens (including phenoxy) is 1. The Labute approximate surface area is 139 Å². The van der Waals surface area contributed by atoms with Crippen LogP contribution in [-0.2, 0) is 4.79 Å². The number of benzene rings is 1. The first-order chi connectivity index (χ1) is 10.2. The molecule has 2 rings (SSSR count). The third-order valence-corrected chi connectivity index (χ3v) is 4.28. The average Bonchev–Trinajstić information content (AvgIpc) is 2.96. The smallest absolute Gasteiger partial charge is 0.223 e. The molecule has 1 heterocycles. The van der Waals surface area contributed by atoms with E-state index >= 15 is 0 Å². The molecule has 2 unspecified atom stereocenters. The van der Waals surface area contributed by atoms with E-state index in [0.29, 0.717) is 12.3 Å². The Morgan fingerprint density at radius 3 is 2.86 bits per heavy atom. The van der Waals surface area contributed by atoms with Crippen molar-refractivity contribution in [3.8, 4) is 5.75 Å². The largest absolute Gasteiger partial charge is 0.496 e. The van der Waals surface area contributed by atoms with Gasteiger partial charge in [0.25, 0.3) is 0 Å². The summed E-state index contributed by atoms with van der Waals surface area (Å²) in [6.07, 6.45) is 1.66. The summed E-state index contributed by atoms with van der Waals surface area (Å²) in [4.78, 5) is 14.5. The number of para-hydroxylation sites is 1. The Morgan fingerprint density at radius 2 is 2.18 bits per heavy atom. The quantitative estimate of drug-likeness (QED) is 0.874. The molecule has 0 aliphatic carbocycles. The van der Waals surface area contributed by atoms with Gasteiger partial charge < -0.3 is 15.0 Å². The molecule has 0 saturated carbocycles. The van der Waals surface area contributed by atoms with Crippen molar-refractivity contribution in [1.29, 1.82) is 0 Å². The number of carbonyl (C=O) groups excluding carboxylic acids is 1. The van der Waals surface area contributed by atoms with Gasteiger partial charge in [0.2, 0.25) is 5.91 Å². The number of rotatable bonds is 6. The first-order valence-electron chi connectivity index (χ1n) is 7.71. The van der Waals surface area contributed by atoms with Crippen LogP contribution >= 0.6 is 12.4 Å². The molecule has 0 radical (unpaired) electrons. The first-order valence-corrected chi connectivity index (χ1v) is 7.71. The minimum atomic E-state index is 0. The summed E-state index contributed by atoms with van der Waals surface area (Å²) in [6, 6.07) is 7.96. The molecule has 1 aromatic rings. The summed E-state index contributed by atoms with van der Waals surface area (Å²) < 4.78 is 5.39. The number of amides is 1. The van der Waals surface area contributed by atoms with E-state index < -0.39 is 0 Å². The van der Waals surface area contributed by atoms with E-state index in [1.54, 1.807) is 7.11 Å². The summed E-state index contributed by atoms with van der Waals surface area (Å²) >= 11 is 0. The van der Waals surface area contributed by atoms with Crippen LogP contribution in [0.2, 0.25) is 0 Å². The lowest BCUT2D eigenvalue weighted by molar-refractivity contribution is -0.130. The van der Waals surface area contributed by atoms with Gasteiger partial charge in [0.15, 0.2) is 0 Å². The molecule has 2 atom stereocenters. The summed E-state index contributed by atoms with van der Waals surface area (Å²) in [6.45, 7) is 4.87. The van der Waals surface area contributed by atoms with Crippen molar-refractivity contribution in [2.24, 2.45) is 5.92 Å². The second-order valence-electron chi connectivity index (χ2n) is 5.90. The molecular weight excluding hydrogens is 300 g/mol. The Kier molecular flexibility index (Phi) is 7.69.